The molecule has 0 heterocycles. The first kappa shape index (κ1) is 27.4. The van der Waals surface area contributed by atoms with E-state index in [-0.39, 0.29) is 42.5 Å². The Kier molecular flexibility index (Phi) is 12.4. The van der Waals surface area contributed by atoms with E-state index in [1.165, 1.54) is 7.11 Å². The van der Waals surface area contributed by atoms with Crippen LogP contribution < -0.4 is 0 Å². The van der Waals surface area contributed by atoms with Gasteiger partial charge in [-0.1, -0.05) is 72.0 Å². The maximum atomic E-state index is 13.4. The van der Waals surface area contributed by atoms with Crippen LogP contribution in [0.3, 0.4) is 0 Å². The van der Waals surface area contributed by atoms with Gasteiger partial charge in [-0.3, -0.25) is 9.59 Å². The number of Topliss-reactive ketones (excluding diaryl/α,β-unsaturated/α-hetero) is 1. The Balaban J connectivity index is 3.37. The lowest BCUT2D eigenvalue weighted by atomic mass is 9.87. The predicted octanol–water partition coefficient (Wildman–Crippen LogP) is 8.84. The van der Waals surface area contributed by atoms with Gasteiger partial charge in [-0.2, -0.15) is 0 Å². The number of rotatable bonds is 20. The van der Waals surface area contributed by atoms with Gasteiger partial charge in [-0.25, -0.2) is 0 Å². The number of hydrogen-bond donors (Lipinski definition) is 0. The van der Waals surface area contributed by atoms with Crippen molar-refractivity contribution in [2.24, 2.45) is 11.8 Å². The number of ketones is 1. The zero-order valence-electron chi connectivity index (χ0n) is 30.6. The van der Waals surface area contributed by atoms with Crippen LogP contribution in [0.5, 0.6) is 0 Å². The fraction of sp³-hybridized carbons (Fsp3) is 0.871. The lowest BCUT2D eigenvalue weighted by Crippen LogP contribution is -2.41. The van der Waals surface area contributed by atoms with E-state index in [9.17, 15) is 9.59 Å². The summed E-state index contributed by atoms with van der Waals surface area (Å²) in [7, 11) is -3.11. The molecule has 0 radical (unpaired) electrons. The van der Waals surface area contributed by atoms with Gasteiger partial charge in [0.15, 0.2) is 16.6 Å². The minimum absolute atomic E-state index is 0.0770. The van der Waals surface area contributed by atoms with Gasteiger partial charge in [0.1, 0.15) is 5.78 Å². The van der Waals surface area contributed by atoms with Crippen LogP contribution in [0.25, 0.3) is 0 Å². The van der Waals surface area contributed by atoms with Crippen molar-refractivity contribution in [1.29, 1.82) is 0 Å². The Labute approximate surface area is 244 Å². The largest absolute Gasteiger partial charge is 0.469 e. The molecule has 1 saturated carbocycles. The van der Waals surface area contributed by atoms with Crippen molar-refractivity contribution >= 4 is 28.4 Å². The van der Waals surface area contributed by atoms with Gasteiger partial charge in [0.2, 0.25) is 0 Å². The van der Waals surface area contributed by atoms with Gasteiger partial charge < -0.3 is 13.6 Å². The van der Waals surface area contributed by atoms with Crippen LogP contribution >= 0.6 is 0 Å². The second-order valence-electron chi connectivity index (χ2n) is 11.9. The molecule has 5 nitrogen and oxygen atoms in total. The van der Waals surface area contributed by atoms with Crippen LogP contribution in [-0.4, -0.2) is 47.2 Å². The summed E-state index contributed by atoms with van der Waals surface area (Å²) in [5.74, 6) is -0.452. The van der Waals surface area contributed by atoms with E-state index in [1.54, 1.807) is 6.08 Å². The third-order valence-corrected chi connectivity index (χ3v) is 13.5. The molecule has 1 aliphatic rings. The van der Waals surface area contributed by atoms with Crippen molar-refractivity contribution in [2.75, 3.05) is 7.11 Å². The lowest BCUT2D eigenvalue weighted by Gasteiger charge is -2.36. The lowest BCUT2D eigenvalue weighted by molar-refractivity contribution is -0.140. The summed E-state index contributed by atoms with van der Waals surface area (Å²) in [5.41, 5.74) is -1.99. The van der Waals surface area contributed by atoms with Crippen molar-refractivity contribution in [2.45, 2.75) is 155 Å². The highest BCUT2D eigenvalue weighted by atomic mass is 28.4. The highest BCUT2D eigenvalue weighted by molar-refractivity contribution is 6.73. The quantitative estimate of drug-likeness (QED) is 0.0630. The number of esters is 1. The molecular weight excluding hydrogens is 509 g/mol. The summed E-state index contributed by atoms with van der Waals surface area (Å²) in [6.45, 7) is 11.3. The summed E-state index contributed by atoms with van der Waals surface area (Å²) in [4.78, 5) is 24.8. The van der Waals surface area contributed by atoms with E-state index < -0.39 is 35.5 Å². The SMILES string of the molecule is [2H]C([2H])([2H])C(C/C=C/[C@H]1[C@H](O[Si](CC)(CC)CC)CC(=O)[C@@H]1CCCCCCC(=O)OC)(O[Si](C)(C)C)C([2H])([2H])CCC. The Bertz CT molecular complexity index is 894. The zero-order valence-corrected chi connectivity index (χ0v) is 27.6. The van der Waals surface area contributed by atoms with Crippen LogP contribution in [0.4, 0.5) is 0 Å². The zero-order chi connectivity index (χ0) is 33.1. The molecule has 1 rings (SSSR count). The molecule has 0 aromatic rings. The number of carbonyl (C=O) groups is 2. The van der Waals surface area contributed by atoms with Crippen molar-refractivity contribution in [3.63, 3.8) is 0 Å². The smallest absolute Gasteiger partial charge is 0.305 e. The molecular formula is C31H60O5Si2. The van der Waals surface area contributed by atoms with E-state index in [1.807, 2.05) is 32.6 Å². The Hall–Kier alpha value is -0.766. The second kappa shape index (κ2) is 17.1. The number of unbranched alkanes of at least 4 members (excludes halogenated alkanes) is 3. The number of methoxy groups -OCH3 is 1. The molecule has 0 aliphatic heterocycles. The summed E-state index contributed by atoms with van der Waals surface area (Å²) in [5, 5.41) is 0. The van der Waals surface area contributed by atoms with E-state index >= 15 is 0 Å². The Morgan fingerprint density at radius 3 is 2.29 bits per heavy atom. The molecule has 4 atom stereocenters. The number of ether oxygens (including phenoxy) is 1. The molecule has 0 N–H and O–H groups in total. The van der Waals surface area contributed by atoms with Crippen molar-refractivity contribution in [1.82, 2.24) is 0 Å². The molecule has 1 fully saturated rings. The first-order chi connectivity index (χ1) is 19.9. The standard InChI is InChI=1S/C31H60O5Si2/c1-10-14-23-31(5,36-37(7,8)9)24-19-21-27-26(20-17-15-16-18-22-30(33)34-6)28(32)25-29(27)35-38(11-2,12-3)13-4/h19,21,26-27,29H,10-18,20,22-25H2,1-9H3/b21-19+/t26-,27-,29-,31?/m1/s1/i5D3,23D2. The molecule has 1 unspecified atom stereocenters. The maximum absolute atomic E-state index is 13.4. The molecule has 38 heavy (non-hydrogen) atoms. The van der Waals surface area contributed by atoms with Gasteiger partial charge in [-0.15, -0.1) is 0 Å². The van der Waals surface area contributed by atoms with E-state index in [2.05, 4.69) is 20.8 Å². The average molecular weight is 574 g/mol. The topological polar surface area (TPSA) is 61.8 Å². The number of carbonyl (C=O) groups excluding carboxylic acids is 2. The fourth-order valence-corrected chi connectivity index (χ4v) is 9.58. The summed E-state index contributed by atoms with van der Waals surface area (Å²) in [6.07, 6.45) is 6.72. The minimum atomic E-state index is -2.68. The van der Waals surface area contributed by atoms with E-state index in [0.29, 0.717) is 25.7 Å². The third kappa shape index (κ3) is 12.2. The molecule has 0 bridgehead atoms. The second-order valence-corrected chi connectivity index (χ2v) is 21.0. The van der Waals surface area contributed by atoms with E-state index in [0.717, 1.165) is 43.8 Å². The Morgan fingerprint density at radius 2 is 1.74 bits per heavy atom. The van der Waals surface area contributed by atoms with Gasteiger partial charge >= 0.3 is 5.97 Å². The molecule has 0 aromatic carbocycles. The fourth-order valence-electron chi connectivity index (χ4n) is 5.49. The maximum Gasteiger partial charge on any atom is 0.305 e. The molecule has 0 amide bonds. The van der Waals surface area contributed by atoms with Gasteiger partial charge in [-0.05, 0) is 70.3 Å². The van der Waals surface area contributed by atoms with Crippen molar-refractivity contribution < 1.29 is 30.0 Å². The molecule has 0 aromatic heterocycles. The van der Waals surface area contributed by atoms with Crippen molar-refractivity contribution in [3.8, 4) is 0 Å². The molecule has 222 valence electrons. The monoisotopic (exact) mass is 573 g/mol. The molecule has 0 spiro atoms. The van der Waals surface area contributed by atoms with Crippen LogP contribution in [0.1, 0.15) is 112 Å². The minimum Gasteiger partial charge on any atom is -0.469 e. The highest BCUT2D eigenvalue weighted by Crippen LogP contribution is 2.40. The molecule has 0 saturated heterocycles. The average Bonchev–Trinajstić information content (AvgIpc) is 3.20. The first-order valence-corrected chi connectivity index (χ1v) is 21.0. The summed E-state index contributed by atoms with van der Waals surface area (Å²) < 4.78 is 61.2. The predicted molar refractivity (Wildman–Crippen MR) is 165 cm³/mol. The first-order valence-electron chi connectivity index (χ1n) is 17.5. The van der Waals surface area contributed by atoms with Crippen LogP contribution in [-0.2, 0) is 23.2 Å². The van der Waals surface area contributed by atoms with Gasteiger partial charge in [0.05, 0.1) is 18.8 Å². The third-order valence-electron chi connectivity index (χ3n) is 7.82. The van der Waals surface area contributed by atoms with E-state index in [4.69, 9.17) is 20.4 Å². The normalized spacial score (nSPS) is 24.9. The summed E-state index contributed by atoms with van der Waals surface area (Å²) in [6, 6.07) is 2.90. The van der Waals surface area contributed by atoms with Gasteiger partial charge in [0.25, 0.3) is 0 Å². The molecule has 7 heteroatoms. The van der Waals surface area contributed by atoms with Crippen LogP contribution in [0.15, 0.2) is 12.2 Å². The van der Waals surface area contributed by atoms with Crippen LogP contribution in [0.2, 0.25) is 37.8 Å². The molecule has 1 aliphatic carbocycles. The van der Waals surface area contributed by atoms with Crippen molar-refractivity contribution in [3.05, 3.63) is 12.2 Å². The highest BCUT2D eigenvalue weighted by Gasteiger charge is 2.45. The summed E-state index contributed by atoms with van der Waals surface area (Å²) >= 11 is 0. The number of hydrogen-bond acceptors (Lipinski definition) is 5. The van der Waals surface area contributed by atoms with Crippen LogP contribution in [0, 0.1) is 11.8 Å². The Morgan fingerprint density at radius 1 is 1.08 bits per heavy atom. The van der Waals surface area contributed by atoms with Gasteiger partial charge in [0, 0.05) is 31.5 Å².